The van der Waals surface area contributed by atoms with Crippen LogP contribution in [0.25, 0.3) is 0 Å². The Morgan fingerprint density at radius 1 is 1.24 bits per heavy atom. The van der Waals surface area contributed by atoms with Gasteiger partial charge in [-0.1, -0.05) is 55.4 Å². The summed E-state index contributed by atoms with van der Waals surface area (Å²) in [6.07, 6.45) is 2.20. The number of para-hydroxylation sites is 1. The molecule has 0 amide bonds. The molecule has 0 aliphatic heterocycles. The van der Waals surface area contributed by atoms with E-state index in [1.165, 1.54) is 16.9 Å². The maximum Gasteiger partial charge on any atom is 0.299 e. The fraction of sp³-hybridized carbons (Fsp3) is 0.500. The Hall–Kier alpha value is -1.46. The molecule has 0 aliphatic rings. The van der Waals surface area contributed by atoms with Gasteiger partial charge in [-0.15, -0.1) is 5.10 Å². The Morgan fingerprint density at radius 2 is 2.05 bits per heavy atom. The zero-order valence-corrected chi connectivity index (χ0v) is 13.7. The van der Waals surface area contributed by atoms with Gasteiger partial charge in [0.1, 0.15) is 10.8 Å². The molecule has 4 nitrogen and oxygen atoms in total. The van der Waals surface area contributed by atoms with Crippen molar-refractivity contribution in [2.24, 2.45) is 0 Å². The highest BCUT2D eigenvalue weighted by Crippen LogP contribution is 2.33. The summed E-state index contributed by atoms with van der Waals surface area (Å²) in [5.74, 6) is 1.36. The van der Waals surface area contributed by atoms with Crippen LogP contribution in [0, 0.1) is 0 Å². The first kappa shape index (κ1) is 15.9. The van der Waals surface area contributed by atoms with Gasteiger partial charge in [0, 0.05) is 6.54 Å². The number of ether oxygens (including phenoxy) is 1. The van der Waals surface area contributed by atoms with Gasteiger partial charge in [-0.3, -0.25) is 0 Å². The van der Waals surface area contributed by atoms with E-state index in [0.29, 0.717) is 11.1 Å². The second-order valence-electron chi connectivity index (χ2n) is 5.09. The van der Waals surface area contributed by atoms with Crippen LogP contribution in [-0.4, -0.2) is 16.7 Å². The molecule has 0 saturated carbocycles. The standard InChI is InChI=1S/C16H23N3OS/c1-4-10-17-11-15-18-19-16(21-15)20-14-9-7-6-8-13(14)12(3)5-2/h6-9,12,17H,4-5,10-11H2,1-3H3. The summed E-state index contributed by atoms with van der Waals surface area (Å²) < 4.78 is 5.94. The molecule has 0 radical (unpaired) electrons. The zero-order chi connectivity index (χ0) is 15.1. The molecule has 0 aliphatic carbocycles. The first-order valence-corrected chi connectivity index (χ1v) is 8.36. The van der Waals surface area contributed by atoms with Crippen LogP contribution in [0.1, 0.15) is 50.1 Å². The van der Waals surface area contributed by atoms with Gasteiger partial charge in [0.15, 0.2) is 0 Å². The van der Waals surface area contributed by atoms with E-state index in [9.17, 15) is 0 Å². The normalized spacial score (nSPS) is 12.3. The van der Waals surface area contributed by atoms with E-state index < -0.39 is 0 Å². The van der Waals surface area contributed by atoms with E-state index in [1.54, 1.807) is 0 Å². The third kappa shape index (κ3) is 4.51. The van der Waals surface area contributed by atoms with Crippen molar-refractivity contribution in [1.29, 1.82) is 0 Å². The SMILES string of the molecule is CCCNCc1nnc(Oc2ccccc2C(C)CC)s1. The van der Waals surface area contributed by atoms with E-state index in [1.807, 2.05) is 12.1 Å². The first-order chi connectivity index (χ1) is 10.2. The van der Waals surface area contributed by atoms with Crippen molar-refractivity contribution in [3.63, 3.8) is 0 Å². The summed E-state index contributed by atoms with van der Waals surface area (Å²) in [5.41, 5.74) is 1.22. The second kappa shape index (κ2) is 8.10. The van der Waals surface area contributed by atoms with Gasteiger partial charge >= 0.3 is 0 Å². The van der Waals surface area contributed by atoms with Crippen molar-refractivity contribution < 1.29 is 4.74 Å². The Labute approximate surface area is 130 Å². The molecule has 1 aromatic carbocycles. The van der Waals surface area contributed by atoms with E-state index in [0.717, 1.165) is 36.7 Å². The molecule has 0 saturated heterocycles. The summed E-state index contributed by atoms with van der Waals surface area (Å²) in [6.45, 7) is 8.29. The highest BCUT2D eigenvalue weighted by Gasteiger charge is 2.12. The Bertz CT molecular complexity index is 556. The van der Waals surface area contributed by atoms with Gasteiger partial charge in [-0.05, 0) is 36.9 Å². The van der Waals surface area contributed by atoms with Crippen LogP contribution >= 0.6 is 11.3 Å². The summed E-state index contributed by atoms with van der Waals surface area (Å²) in [7, 11) is 0. The van der Waals surface area contributed by atoms with Crippen LogP contribution in [0.15, 0.2) is 24.3 Å². The van der Waals surface area contributed by atoms with Crippen LogP contribution in [0.4, 0.5) is 0 Å². The molecule has 1 atom stereocenters. The molecule has 1 heterocycles. The molecule has 1 unspecified atom stereocenters. The molecule has 5 heteroatoms. The fourth-order valence-corrected chi connectivity index (χ4v) is 2.69. The Kier molecular flexibility index (Phi) is 6.14. The number of hydrogen-bond donors (Lipinski definition) is 1. The molecule has 0 bridgehead atoms. The van der Waals surface area contributed by atoms with E-state index >= 15 is 0 Å². The van der Waals surface area contributed by atoms with Gasteiger partial charge in [0.2, 0.25) is 0 Å². The number of nitrogens with zero attached hydrogens (tertiary/aromatic N) is 2. The summed E-state index contributed by atoms with van der Waals surface area (Å²) in [6, 6.07) is 8.16. The van der Waals surface area contributed by atoms with Gasteiger partial charge in [-0.2, -0.15) is 0 Å². The molecule has 1 aromatic heterocycles. The predicted octanol–water partition coefficient (Wildman–Crippen LogP) is 4.34. The van der Waals surface area contributed by atoms with E-state index in [-0.39, 0.29) is 0 Å². The summed E-state index contributed by atoms with van der Waals surface area (Å²) >= 11 is 1.50. The molecule has 2 aromatic rings. The Morgan fingerprint density at radius 3 is 2.81 bits per heavy atom. The monoisotopic (exact) mass is 305 g/mol. The van der Waals surface area contributed by atoms with Crippen LogP contribution in [0.2, 0.25) is 0 Å². The molecule has 1 N–H and O–H groups in total. The molecular formula is C16H23N3OS. The largest absolute Gasteiger partial charge is 0.429 e. The third-order valence-electron chi connectivity index (χ3n) is 3.41. The maximum atomic E-state index is 5.94. The van der Waals surface area contributed by atoms with Crippen LogP contribution in [0.3, 0.4) is 0 Å². The lowest BCUT2D eigenvalue weighted by atomic mass is 9.98. The number of aromatic nitrogens is 2. The van der Waals surface area contributed by atoms with Crippen molar-refractivity contribution >= 4 is 11.3 Å². The highest BCUT2D eigenvalue weighted by molar-refractivity contribution is 7.13. The van der Waals surface area contributed by atoms with Gasteiger partial charge < -0.3 is 10.1 Å². The topological polar surface area (TPSA) is 47.0 Å². The van der Waals surface area contributed by atoms with Crippen LogP contribution in [0.5, 0.6) is 10.9 Å². The molecular weight excluding hydrogens is 282 g/mol. The summed E-state index contributed by atoms with van der Waals surface area (Å²) in [4.78, 5) is 0. The van der Waals surface area contributed by atoms with Crippen molar-refractivity contribution in [2.45, 2.75) is 46.1 Å². The lowest BCUT2D eigenvalue weighted by Crippen LogP contribution is -2.13. The lowest BCUT2D eigenvalue weighted by molar-refractivity contribution is 0.461. The number of nitrogens with one attached hydrogen (secondary N) is 1. The second-order valence-corrected chi connectivity index (χ2v) is 6.11. The van der Waals surface area contributed by atoms with Gasteiger partial charge in [0.05, 0.1) is 0 Å². The van der Waals surface area contributed by atoms with Crippen LogP contribution < -0.4 is 10.1 Å². The third-order valence-corrected chi connectivity index (χ3v) is 4.21. The van der Waals surface area contributed by atoms with Crippen molar-refractivity contribution in [1.82, 2.24) is 15.5 Å². The lowest BCUT2D eigenvalue weighted by Gasteiger charge is -2.13. The minimum atomic E-state index is 0.472. The minimum absolute atomic E-state index is 0.472. The fourth-order valence-electron chi connectivity index (χ4n) is 2.02. The van der Waals surface area contributed by atoms with E-state index in [2.05, 4.69) is 48.4 Å². The molecule has 114 valence electrons. The first-order valence-electron chi connectivity index (χ1n) is 7.54. The zero-order valence-electron chi connectivity index (χ0n) is 12.9. The minimum Gasteiger partial charge on any atom is -0.429 e. The molecule has 2 rings (SSSR count). The van der Waals surface area contributed by atoms with Crippen molar-refractivity contribution in [3.05, 3.63) is 34.8 Å². The van der Waals surface area contributed by atoms with Gasteiger partial charge in [0.25, 0.3) is 5.19 Å². The molecule has 0 fully saturated rings. The summed E-state index contributed by atoms with van der Waals surface area (Å²) in [5, 5.41) is 13.2. The smallest absolute Gasteiger partial charge is 0.299 e. The Balaban J connectivity index is 2.05. The molecule has 0 spiro atoms. The van der Waals surface area contributed by atoms with Crippen molar-refractivity contribution in [2.75, 3.05) is 6.54 Å². The number of rotatable bonds is 8. The number of hydrogen-bond acceptors (Lipinski definition) is 5. The maximum absolute atomic E-state index is 5.94. The number of benzene rings is 1. The highest BCUT2D eigenvalue weighted by atomic mass is 32.1. The van der Waals surface area contributed by atoms with Crippen molar-refractivity contribution in [3.8, 4) is 10.9 Å². The predicted molar refractivity (Wildman–Crippen MR) is 87.1 cm³/mol. The van der Waals surface area contributed by atoms with E-state index in [4.69, 9.17) is 4.74 Å². The average molecular weight is 305 g/mol. The van der Waals surface area contributed by atoms with Crippen LogP contribution in [-0.2, 0) is 6.54 Å². The van der Waals surface area contributed by atoms with Gasteiger partial charge in [-0.25, -0.2) is 0 Å². The quantitative estimate of drug-likeness (QED) is 0.737. The molecule has 21 heavy (non-hydrogen) atoms. The average Bonchev–Trinajstić information content (AvgIpc) is 2.95.